The Kier molecular flexibility index (Phi) is 5.40. The number of halogens is 3. The second-order valence-electron chi connectivity index (χ2n) is 5.70. The maximum Gasteiger partial charge on any atom is 0.416 e. The van der Waals surface area contributed by atoms with Gasteiger partial charge in [-0.05, 0) is 17.7 Å². The van der Waals surface area contributed by atoms with E-state index in [1.807, 2.05) is 0 Å². The largest absolute Gasteiger partial charge is 0.416 e. The fourth-order valence-electron chi connectivity index (χ4n) is 2.30. The van der Waals surface area contributed by atoms with Crippen LogP contribution in [0.5, 0.6) is 0 Å². The molecule has 0 atom stereocenters. The summed E-state index contributed by atoms with van der Waals surface area (Å²) in [5.41, 5.74) is -0.258. The highest BCUT2D eigenvalue weighted by Gasteiger charge is 2.29. The van der Waals surface area contributed by atoms with Crippen LogP contribution in [-0.2, 0) is 23.9 Å². The third-order valence-corrected chi connectivity index (χ3v) is 4.51. The van der Waals surface area contributed by atoms with E-state index >= 15 is 0 Å². The third-order valence-electron chi connectivity index (χ3n) is 3.60. The molecule has 0 aliphatic carbocycles. The van der Waals surface area contributed by atoms with Gasteiger partial charge in [-0.2, -0.15) is 18.3 Å². The Bertz CT molecular complexity index is 998. The first kappa shape index (κ1) is 19.5. The number of nitrogens with one attached hydrogen (secondary N) is 1. The highest BCUT2D eigenvalue weighted by Crippen LogP contribution is 2.30. The summed E-state index contributed by atoms with van der Waals surface area (Å²) < 4.78 is 38.9. The van der Waals surface area contributed by atoms with Crippen molar-refractivity contribution in [3.05, 3.63) is 69.0 Å². The lowest BCUT2D eigenvalue weighted by Crippen LogP contribution is -2.18. The average Bonchev–Trinajstić information content (AvgIpc) is 3.24. The zero-order chi connectivity index (χ0) is 20.3. The minimum Gasteiger partial charge on any atom is -0.300 e. The fraction of sp³-hybridized carbons (Fsp3) is 0.188. The van der Waals surface area contributed by atoms with E-state index in [2.05, 4.69) is 15.4 Å². The van der Waals surface area contributed by atoms with E-state index < -0.39 is 22.6 Å². The van der Waals surface area contributed by atoms with E-state index in [1.54, 1.807) is 0 Å². The van der Waals surface area contributed by atoms with Crippen molar-refractivity contribution in [3.63, 3.8) is 0 Å². The number of benzene rings is 1. The van der Waals surface area contributed by atoms with Crippen molar-refractivity contribution in [1.82, 2.24) is 14.8 Å². The molecule has 12 heteroatoms. The SMILES string of the molecule is O=C(Cn1cc([N+](=O)[O-])cn1)Nc1ncc(Cc2ccc(C(F)(F)F)cc2)s1. The van der Waals surface area contributed by atoms with Crippen LogP contribution in [0.25, 0.3) is 0 Å². The van der Waals surface area contributed by atoms with Crippen LogP contribution in [0.15, 0.2) is 42.9 Å². The second-order valence-corrected chi connectivity index (χ2v) is 6.82. The number of alkyl halides is 3. The van der Waals surface area contributed by atoms with Crippen molar-refractivity contribution in [1.29, 1.82) is 0 Å². The molecule has 2 heterocycles. The molecule has 0 aliphatic rings. The highest BCUT2D eigenvalue weighted by molar-refractivity contribution is 7.15. The van der Waals surface area contributed by atoms with E-state index in [1.165, 1.54) is 29.7 Å². The molecule has 0 unspecified atom stereocenters. The summed E-state index contributed by atoms with van der Waals surface area (Å²) in [4.78, 5) is 26.8. The first-order valence-corrected chi connectivity index (χ1v) is 8.60. The number of rotatable bonds is 6. The fourth-order valence-corrected chi connectivity index (χ4v) is 3.16. The second kappa shape index (κ2) is 7.76. The van der Waals surface area contributed by atoms with Crippen LogP contribution in [0.3, 0.4) is 0 Å². The maximum absolute atomic E-state index is 12.6. The average molecular weight is 411 g/mol. The standard InChI is InChI=1S/C16H12F3N5O3S/c17-16(18,19)11-3-1-10(2-4-11)5-13-7-20-15(28-13)22-14(25)9-23-8-12(6-21-23)24(26)27/h1-4,6-8H,5,9H2,(H,20,22,25). The molecule has 8 nitrogen and oxygen atoms in total. The molecule has 0 aliphatic heterocycles. The Morgan fingerprint density at radius 2 is 1.96 bits per heavy atom. The molecule has 0 radical (unpaired) electrons. The molecule has 0 spiro atoms. The summed E-state index contributed by atoms with van der Waals surface area (Å²) in [5.74, 6) is -0.464. The molecular formula is C16H12F3N5O3S. The predicted octanol–water partition coefficient (Wildman–Crippen LogP) is 3.50. The lowest BCUT2D eigenvalue weighted by atomic mass is 10.1. The summed E-state index contributed by atoms with van der Waals surface area (Å²) in [5, 5.41) is 17.2. The molecular weight excluding hydrogens is 399 g/mol. The highest BCUT2D eigenvalue weighted by atomic mass is 32.1. The van der Waals surface area contributed by atoms with Crippen LogP contribution < -0.4 is 5.32 Å². The van der Waals surface area contributed by atoms with E-state index in [0.29, 0.717) is 17.1 Å². The lowest BCUT2D eigenvalue weighted by Gasteiger charge is -2.06. The van der Waals surface area contributed by atoms with Crippen LogP contribution in [0, 0.1) is 10.1 Å². The van der Waals surface area contributed by atoms with Gasteiger partial charge in [-0.1, -0.05) is 12.1 Å². The van der Waals surface area contributed by atoms with Gasteiger partial charge in [-0.15, -0.1) is 11.3 Å². The number of carbonyl (C=O) groups excluding carboxylic acids is 1. The molecule has 28 heavy (non-hydrogen) atoms. The number of nitrogens with zero attached hydrogens (tertiary/aromatic N) is 4. The van der Waals surface area contributed by atoms with Gasteiger partial charge in [0.2, 0.25) is 5.91 Å². The lowest BCUT2D eigenvalue weighted by molar-refractivity contribution is -0.385. The van der Waals surface area contributed by atoms with Gasteiger partial charge in [0.1, 0.15) is 18.9 Å². The van der Waals surface area contributed by atoms with Gasteiger partial charge in [-0.3, -0.25) is 19.6 Å². The molecule has 1 aromatic carbocycles. The minimum absolute atomic E-state index is 0.221. The number of anilines is 1. The maximum atomic E-state index is 12.6. The Hall–Kier alpha value is -3.28. The summed E-state index contributed by atoms with van der Waals surface area (Å²) >= 11 is 1.18. The summed E-state index contributed by atoms with van der Waals surface area (Å²) in [7, 11) is 0. The van der Waals surface area contributed by atoms with Crippen LogP contribution in [0.2, 0.25) is 0 Å². The topological polar surface area (TPSA) is 103 Å². The number of nitro groups is 1. The summed E-state index contributed by atoms with van der Waals surface area (Å²) in [6, 6.07) is 4.82. The van der Waals surface area contributed by atoms with E-state index in [0.717, 1.165) is 34.1 Å². The smallest absolute Gasteiger partial charge is 0.300 e. The Morgan fingerprint density at radius 3 is 2.57 bits per heavy atom. The molecule has 146 valence electrons. The van der Waals surface area contributed by atoms with Crippen molar-refractivity contribution < 1.29 is 22.9 Å². The van der Waals surface area contributed by atoms with Gasteiger partial charge in [0.05, 0.1) is 10.5 Å². The minimum atomic E-state index is -4.38. The molecule has 3 aromatic rings. The monoisotopic (exact) mass is 411 g/mol. The molecule has 0 saturated carbocycles. The zero-order valence-corrected chi connectivity index (χ0v) is 14.8. The van der Waals surface area contributed by atoms with E-state index in [9.17, 15) is 28.1 Å². The first-order chi connectivity index (χ1) is 13.2. The van der Waals surface area contributed by atoms with Gasteiger partial charge in [-0.25, -0.2) is 4.98 Å². The molecule has 1 amide bonds. The number of carbonyl (C=O) groups is 1. The normalized spacial score (nSPS) is 11.4. The summed E-state index contributed by atoms with van der Waals surface area (Å²) in [6.45, 7) is -0.221. The number of thiazole rings is 1. The molecule has 1 N–H and O–H groups in total. The van der Waals surface area contributed by atoms with Crippen molar-refractivity contribution in [2.75, 3.05) is 5.32 Å². The van der Waals surface area contributed by atoms with Gasteiger partial charge < -0.3 is 5.32 Å². The Labute approximate surface area is 159 Å². The molecule has 0 saturated heterocycles. The van der Waals surface area contributed by atoms with Crippen LogP contribution in [0.1, 0.15) is 16.0 Å². The number of hydrogen-bond donors (Lipinski definition) is 1. The van der Waals surface area contributed by atoms with E-state index in [4.69, 9.17) is 0 Å². The van der Waals surface area contributed by atoms with E-state index in [-0.39, 0.29) is 12.2 Å². The predicted molar refractivity (Wildman–Crippen MR) is 93.9 cm³/mol. The number of amides is 1. The molecule has 0 fully saturated rings. The number of hydrogen-bond acceptors (Lipinski definition) is 6. The summed E-state index contributed by atoms with van der Waals surface area (Å²) in [6.07, 6.45) is -0.306. The van der Waals surface area contributed by atoms with Gasteiger partial charge >= 0.3 is 11.9 Å². The molecule has 0 bridgehead atoms. The van der Waals surface area contributed by atoms with Crippen LogP contribution in [0.4, 0.5) is 24.0 Å². The Morgan fingerprint density at radius 1 is 1.25 bits per heavy atom. The van der Waals surface area contributed by atoms with Crippen LogP contribution in [-0.4, -0.2) is 25.6 Å². The van der Waals surface area contributed by atoms with Crippen molar-refractivity contribution in [2.45, 2.75) is 19.1 Å². The Balaban J connectivity index is 1.57. The van der Waals surface area contributed by atoms with Gasteiger partial charge in [0.15, 0.2) is 5.13 Å². The third kappa shape index (κ3) is 4.91. The van der Waals surface area contributed by atoms with Crippen molar-refractivity contribution in [3.8, 4) is 0 Å². The van der Waals surface area contributed by atoms with Gasteiger partial charge in [0, 0.05) is 17.5 Å². The first-order valence-electron chi connectivity index (χ1n) is 7.78. The number of aromatic nitrogens is 3. The van der Waals surface area contributed by atoms with Crippen molar-refractivity contribution in [2.24, 2.45) is 0 Å². The van der Waals surface area contributed by atoms with Crippen LogP contribution >= 0.6 is 11.3 Å². The van der Waals surface area contributed by atoms with Gasteiger partial charge in [0.25, 0.3) is 0 Å². The quantitative estimate of drug-likeness (QED) is 0.494. The molecule has 2 aromatic heterocycles. The zero-order valence-electron chi connectivity index (χ0n) is 14.0. The van der Waals surface area contributed by atoms with Crippen molar-refractivity contribution >= 4 is 28.1 Å². The molecule has 3 rings (SSSR count).